The van der Waals surface area contributed by atoms with E-state index >= 15 is 0 Å². The predicted molar refractivity (Wildman–Crippen MR) is 96.7 cm³/mol. The summed E-state index contributed by atoms with van der Waals surface area (Å²) in [5.74, 6) is -0.346. The summed E-state index contributed by atoms with van der Waals surface area (Å²) in [6.07, 6.45) is 0. The van der Waals surface area contributed by atoms with Gasteiger partial charge in [0, 0.05) is 31.4 Å². The first-order chi connectivity index (χ1) is 12.1. The van der Waals surface area contributed by atoms with Gasteiger partial charge in [0.15, 0.2) is 0 Å². The fourth-order valence-electron chi connectivity index (χ4n) is 2.96. The maximum absolute atomic E-state index is 12.4. The number of amides is 1. The molecule has 2 heterocycles. The number of carbonyl (C=O) groups is 1. The maximum Gasteiger partial charge on any atom is 0.261 e. The van der Waals surface area contributed by atoms with Gasteiger partial charge in [0.25, 0.3) is 11.5 Å². The second-order valence-corrected chi connectivity index (χ2v) is 6.27. The van der Waals surface area contributed by atoms with E-state index in [9.17, 15) is 9.59 Å². The molecule has 6 nitrogen and oxygen atoms in total. The highest BCUT2D eigenvalue weighted by molar-refractivity contribution is 5.94. The van der Waals surface area contributed by atoms with Crippen LogP contribution in [-0.2, 0) is 4.74 Å². The number of aromatic amines is 1. The number of H-pyrrole nitrogens is 1. The Hall–Kier alpha value is -2.44. The van der Waals surface area contributed by atoms with Crippen LogP contribution < -0.4 is 10.9 Å². The van der Waals surface area contributed by atoms with Crippen LogP contribution >= 0.6 is 0 Å². The maximum atomic E-state index is 12.4. The standard InChI is InChI=1S/C19H23N3O3/c1-14(13-22-9-11-25-12-10-22)20-18(23)16-7-8-17(21-19(16)24)15-5-3-2-4-6-15/h2-8,14H,9-13H2,1H3,(H,20,23)(H,21,24). The van der Waals surface area contributed by atoms with Crippen molar-refractivity contribution in [3.05, 3.63) is 58.4 Å². The van der Waals surface area contributed by atoms with Gasteiger partial charge in [-0.1, -0.05) is 30.3 Å². The highest BCUT2D eigenvalue weighted by atomic mass is 16.5. The van der Waals surface area contributed by atoms with Gasteiger partial charge in [0.1, 0.15) is 5.56 Å². The van der Waals surface area contributed by atoms with Gasteiger partial charge < -0.3 is 15.0 Å². The first-order valence-electron chi connectivity index (χ1n) is 8.53. The van der Waals surface area contributed by atoms with Crippen molar-refractivity contribution in [2.24, 2.45) is 0 Å². The Morgan fingerprint density at radius 3 is 2.60 bits per heavy atom. The molecule has 1 aliphatic rings. The van der Waals surface area contributed by atoms with Gasteiger partial charge in [0.05, 0.1) is 13.2 Å². The number of morpholine rings is 1. The molecule has 1 aliphatic heterocycles. The molecule has 6 heteroatoms. The zero-order chi connectivity index (χ0) is 17.6. The van der Waals surface area contributed by atoms with Crippen molar-refractivity contribution in [2.45, 2.75) is 13.0 Å². The molecule has 2 aromatic rings. The zero-order valence-corrected chi connectivity index (χ0v) is 14.3. The Bertz CT molecular complexity index is 767. The molecule has 1 aromatic heterocycles. The van der Waals surface area contributed by atoms with Crippen LogP contribution in [0.25, 0.3) is 11.3 Å². The van der Waals surface area contributed by atoms with Crippen LogP contribution in [0, 0.1) is 0 Å². The predicted octanol–water partition coefficient (Wildman–Crippen LogP) is 1.49. The fraction of sp³-hybridized carbons (Fsp3) is 0.368. The summed E-state index contributed by atoms with van der Waals surface area (Å²) in [5, 5.41) is 2.90. The topological polar surface area (TPSA) is 74.4 Å². The minimum absolute atomic E-state index is 0.0428. The van der Waals surface area contributed by atoms with Crippen molar-refractivity contribution in [2.75, 3.05) is 32.8 Å². The normalized spacial score (nSPS) is 16.4. The zero-order valence-electron chi connectivity index (χ0n) is 14.3. The minimum atomic E-state index is -0.377. The average molecular weight is 341 g/mol. The van der Waals surface area contributed by atoms with Crippen molar-refractivity contribution in [1.29, 1.82) is 0 Å². The highest BCUT2D eigenvalue weighted by Crippen LogP contribution is 2.14. The number of nitrogens with one attached hydrogen (secondary N) is 2. The van der Waals surface area contributed by atoms with Gasteiger partial charge >= 0.3 is 0 Å². The van der Waals surface area contributed by atoms with E-state index in [1.165, 1.54) is 0 Å². The molecule has 25 heavy (non-hydrogen) atoms. The molecule has 1 saturated heterocycles. The monoisotopic (exact) mass is 341 g/mol. The first-order valence-corrected chi connectivity index (χ1v) is 8.53. The Kier molecular flexibility index (Phi) is 5.63. The van der Waals surface area contributed by atoms with Crippen molar-refractivity contribution in [3.63, 3.8) is 0 Å². The molecule has 0 radical (unpaired) electrons. The summed E-state index contributed by atoms with van der Waals surface area (Å²) in [6.45, 7) is 5.87. The van der Waals surface area contributed by atoms with Gasteiger partial charge in [-0.15, -0.1) is 0 Å². The minimum Gasteiger partial charge on any atom is -0.379 e. The van der Waals surface area contributed by atoms with E-state index in [0.717, 1.165) is 38.4 Å². The number of carbonyl (C=O) groups excluding carboxylic acids is 1. The second kappa shape index (κ2) is 8.09. The van der Waals surface area contributed by atoms with Gasteiger partial charge in [-0.2, -0.15) is 0 Å². The highest BCUT2D eigenvalue weighted by Gasteiger charge is 2.17. The number of hydrogen-bond acceptors (Lipinski definition) is 4. The molecule has 1 aromatic carbocycles. The lowest BCUT2D eigenvalue weighted by Crippen LogP contribution is -2.46. The van der Waals surface area contributed by atoms with E-state index in [1.54, 1.807) is 12.1 Å². The Morgan fingerprint density at radius 1 is 1.20 bits per heavy atom. The summed E-state index contributed by atoms with van der Waals surface area (Å²) in [6, 6.07) is 12.8. The lowest BCUT2D eigenvalue weighted by molar-refractivity contribution is 0.0342. The van der Waals surface area contributed by atoms with E-state index in [1.807, 2.05) is 37.3 Å². The van der Waals surface area contributed by atoms with Gasteiger partial charge in [-0.25, -0.2) is 0 Å². The Morgan fingerprint density at radius 2 is 1.92 bits per heavy atom. The third kappa shape index (κ3) is 4.55. The quantitative estimate of drug-likeness (QED) is 0.864. The van der Waals surface area contributed by atoms with E-state index in [0.29, 0.717) is 5.69 Å². The van der Waals surface area contributed by atoms with Crippen molar-refractivity contribution >= 4 is 5.91 Å². The van der Waals surface area contributed by atoms with Crippen LogP contribution in [0.2, 0.25) is 0 Å². The Balaban J connectivity index is 1.64. The molecular formula is C19H23N3O3. The van der Waals surface area contributed by atoms with E-state index in [2.05, 4.69) is 15.2 Å². The molecule has 3 rings (SSSR count). The number of aromatic nitrogens is 1. The number of benzene rings is 1. The summed E-state index contributed by atoms with van der Waals surface area (Å²) >= 11 is 0. The molecule has 0 saturated carbocycles. The van der Waals surface area contributed by atoms with Crippen LogP contribution in [-0.4, -0.2) is 54.7 Å². The van der Waals surface area contributed by atoms with Crippen molar-refractivity contribution < 1.29 is 9.53 Å². The van der Waals surface area contributed by atoms with Crippen LogP contribution in [0.5, 0.6) is 0 Å². The van der Waals surface area contributed by atoms with E-state index in [4.69, 9.17) is 4.74 Å². The number of nitrogens with zero attached hydrogens (tertiary/aromatic N) is 1. The van der Waals surface area contributed by atoms with Crippen molar-refractivity contribution in [1.82, 2.24) is 15.2 Å². The molecular weight excluding hydrogens is 318 g/mol. The Labute approximate surface area is 146 Å². The van der Waals surface area contributed by atoms with Gasteiger partial charge in [-0.3, -0.25) is 14.5 Å². The molecule has 0 spiro atoms. The molecule has 1 atom stereocenters. The van der Waals surface area contributed by atoms with Gasteiger partial charge in [-0.05, 0) is 24.6 Å². The smallest absolute Gasteiger partial charge is 0.261 e. The number of ether oxygens (including phenoxy) is 1. The number of pyridine rings is 1. The lowest BCUT2D eigenvalue weighted by Gasteiger charge is -2.29. The third-order valence-corrected chi connectivity index (χ3v) is 4.25. The summed E-state index contributed by atoms with van der Waals surface area (Å²) in [7, 11) is 0. The number of hydrogen-bond donors (Lipinski definition) is 2. The van der Waals surface area contributed by atoms with E-state index in [-0.39, 0.29) is 23.1 Å². The van der Waals surface area contributed by atoms with E-state index < -0.39 is 0 Å². The largest absolute Gasteiger partial charge is 0.379 e. The molecule has 2 N–H and O–H groups in total. The second-order valence-electron chi connectivity index (χ2n) is 6.27. The lowest BCUT2D eigenvalue weighted by atomic mass is 10.1. The van der Waals surface area contributed by atoms with Gasteiger partial charge in [0.2, 0.25) is 0 Å². The summed E-state index contributed by atoms with van der Waals surface area (Å²) in [4.78, 5) is 29.7. The summed E-state index contributed by atoms with van der Waals surface area (Å²) in [5.41, 5.74) is 1.36. The third-order valence-electron chi connectivity index (χ3n) is 4.25. The molecule has 0 bridgehead atoms. The molecule has 132 valence electrons. The average Bonchev–Trinajstić information content (AvgIpc) is 2.63. The van der Waals surface area contributed by atoms with Crippen LogP contribution in [0.4, 0.5) is 0 Å². The van der Waals surface area contributed by atoms with Crippen LogP contribution in [0.3, 0.4) is 0 Å². The van der Waals surface area contributed by atoms with Crippen LogP contribution in [0.15, 0.2) is 47.3 Å². The van der Waals surface area contributed by atoms with Crippen molar-refractivity contribution in [3.8, 4) is 11.3 Å². The molecule has 1 unspecified atom stereocenters. The summed E-state index contributed by atoms with van der Waals surface area (Å²) < 4.78 is 5.32. The fourth-order valence-corrected chi connectivity index (χ4v) is 2.96. The number of rotatable bonds is 5. The van der Waals surface area contributed by atoms with Crippen LogP contribution in [0.1, 0.15) is 17.3 Å². The SMILES string of the molecule is CC(CN1CCOCC1)NC(=O)c1ccc(-c2ccccc2)[nH]c1=O. The first kappa shape index (κ1) is 17.4. The molecule has 0 aliphatic carbocycles. The molecule has 1 fully saturated rings. The molecule has 1 amide bonds.